The van der Waals surface area contributed by atoms with Crippen LogP contribution in [0, 0.1) is 0 Å². The van der Waals surface area contributed by atoms with Crippen molar-refractivity contribution >= 4 is 27.3 Å². The Kier molecular flexibility index (Phi) is 6.09. The molecule has 0 aliphatic carbocycles. The number of sulfonamides is 1. The maximum absolute atomic E-state index is 13.1. The number of rotatable bonds is 6. The van der Waals surface area contributed by atoms with E-state index in [1.807, 2.05) is 6.92 Å². The van der Waals surface area contributed by atoms with E-state index in [1.165, 1.54) is 36.9 Å². The van der Waals surface area contributed by atoms with Gasteiger partial charge in [-0.2, -0.15) is 0 Å². The molecule has 2 heterocycles. The second-order valence-electron chi connectivity index (χ2n) is 7.16. The summed E-state index contributed by atoms with van der Waals surface area (Å²) >= 11 is 0. The number of hydrogen-bond acceptors (Lipinski definition) is 5. The Hall–Kier alpha value is -2.65. The smallest absolute Gasteiger partial charge is 0.257 e. The number of carbonyl (C=O) groups excluding carboxylic acids is 1. The molecule has 0 atom stereocenters. The lowest BCUT2D eigenvalue weighted by Gasteiger charge is -2.22. The van der Waals surface area contributed by atoms with E-state index < -0.39 is 15.9 Å². The second-order valence-corrected chi connectivity index (χ2v) is 9.31. The Morgan fingerprint density at radius 1 is 1.14 bits per heavy atom. The maximum Gasteiger partial charge on any atom is 0.257 e. The van der Waals surface area contributed by atoms with Crippen molar-refractivity contribution in [3.05, 3.63) is 52.4 Å². The molecule has 1 saturated heterocycles. The van der Waals surface area contributed by atoms with E-state index in [0.29, 0.717) is 23.5 Å². The average molecular weight is 419 g/mol. The van der Waals surface area contributed by atoms with Gasteiger partial charge in [0.1, 0.15) is 0 Å². The fourth-order valence-corrected chi connectivity index (χ4v) is 4.28. The van der Waals surface area contributed by atoms with E-state index in [9.17, 15) is 18.0 Å². The van der Waals surface area contributed by atoms with E-state index in [1.54, 1.807) is 18.3 Å². The first-order valence-corrected chi connectivity index (χ1v) is 11.0. The summed E-state index contributed by atoms with van der Waals surface area (Å²) in [4.78, 5) is 27.0. The predicted molar refractivity (Wildman–Crippen MR) is 113 cm³/mol. The second kappa shape index (κ2) is 8.38. The number of aryl methyl sites for hydroxylation is 1. The van der Waals surface area contributed by atoms with E-state index >= 15 is 0 Å². The minimum Gasteiger partial charge on any atom is -0.371 e. The highest BCUT2D eigenvalue weighted by Gasteiger charge is 2.24. The zero-order valence-corrected chi connectivity index (χ0v) is 17.7. The van der Waals surface area contributed by atoms with Crippen LogP contribution in [0.25, 0.3) is 0 Å². The largest absolute Gasteiger partial charge is 0.371 e. The summed E-state index contributed by atoms with van der Waals surface area (Å²) in [5.41, 5.74) is 1.33. The standard InChI is InChI=1S/C20H26N4O4S/c1-4-23-14-15(7-10-19(23)25)21-20(26)17-13-16(29(27,28)22(2)3)8-9-18(17)24-11-5-6-12-24/h7-10,13-14H,4-6,11-12H2,1-3H3,(H,21,26). The number of benzene rings is 1. The zero-order chi connectivity index (χ0) is 21.2. The highest BCUT2D eigenvalue weighted by molar-refractivity contribution is 7.89. The van der Waals surface area contributed by atoms with Gasteiger partial charge in [0, 0.05) is 51.7 Å². The first-order chi connectivity index (χ1) is 13.7. The molecule has 156 valence electrons. The Labute approximate surface area is 170 Å². The lowest BCUT2D eigenvalue weighted by Crippen LogP contribution is -2.26. The van der Waals surface area contributed by atoms with Crippen molar-refractivity contribution in [1.29, 1.82) is 0 Å². The van der Waals surface area contributed by atoms with Gasteiger partial charge < -0.3 is 14.8 Å². The molecule has 3 rings (SSSR count). The number of pyridine rings is 1. The van der Waals surface area contributed by atoms with Gasteiger partial charge in [0.15, 0.2) is 0 Å². The number of carbonyl (C=O) groups is 1. The third-order valence-corrected chi connectivity index (χ3v) is 6.83. The molecule has 1 aromatic carbocycles. The Balaban J connectivity index is 2.02. The van der Waals surface area contributed by atoms with Crippen LogP contribution in [0.5, 0.6) is 0 Å². The molecule has 1 amide bonds. The van der Waals surface area contributed by atoms with Crippen molar-refractivity contribution < 1.29 is 13.2 Å². The molecule has 8 nitrogen and oxygen atoms in total. The molecule has 0 bridgehead atoms. The normalized spacial score (nSPS) is 14.4. The molecule has 1 aliphatic heterocycles. The SMILES string of the molecule is CCn1cc(NC(=O)c2cc(S(=O)(=O)N(C)C)ccc2N2CCCC2)ccc1=O. The van der Waals surface area contributed by atoms with Crippen LogP contribution in [0.1, 0.15) is 30.1 Å². The molecule has 0 saturated carbocycles. The number of hydrogen-bond donors (Lipinski definition) is 1. The summed E-state index contributed by atoms with van der Waals surface area (Å²) in [7, 11) is -0.761. The summed E-state index contributed by atoms with van der Waals surface area (Å²) in [6.45, 7) is 3.97. The van der Waals surface area contributed by atoms with Gasteiger partial charge >= 0.3 is 0 Å². The van der Waals surface area contributed by atoms with E-state index in [-0.39, 0.29) is 10.5 Å². The topological polar surface area (TPSA) is 91.7 Å². The molecule has 1 aromatic heterocycles. The number of anilines is 2. The van der Waals surface area contributed by atoms with Crippen molar-refractivity contribution in [3.63, 3.8) is 0 Å². The highest BCUT2D eigenvalue weighted by atomic mass is 32.2. The average Bonchev–Trinajstić information content (AvgIpc) is 3.23. The van der Waals surface area contributed by atoms with Gasteiger partial charge in [-0.25, -0.2) is 12.7 Å². The lowest BCUT2D eigenvalue weighted by atomic mass is 10.1. The van der Waals surface area contributed by atoms with Gasteiger partial charge in [-0.15, -0.1) is 0 Å². The number of aromatic nitrogens is 1. The van der Waals surface area contributed by atoms with Gasteiger partial charge in [0.25, 0.3) is 11.5 Å². The third kappa shape index (κ3) is 4.35. The van der Waals surface area contributed by atoms with Gasteiger partial charge in [0.2, 0.25) is 10.0 Å². The molecule has 1 aliphatic rings. The molecular weight excluding hydrogens is 392 g/mol. The Bertz CT molecular complexity index is 1070. The molecule has 1 fully saturated rings. The van der Waals surface area contributed by atoms with Crippen molar-refractivity contribution in [3.8, 4) is 0 Å². The summed E-state index contributed by atoms with van der Waals surface area (Å²) in [5, 5.41) is 2.80. The van der Waals surface area contributed by atoms with Gasteiger partial charge in [-0.3, -0.25) is 9.59 Å². The van der Waals surface area contributed by atoms with Crippen LogP contribution in [0.3, 0.4) is 0 Å². The molecular formula is C20H26N4O4S. The van der Waals surface area contributed by atoms with E-state index in [0.717, 1.165) is 30.2 Å². The summed E-state index contributed by atoms with van der Waals surface area (Å²) in [5.74, 6) is -0.413. The molecule has 1 N–H and O–H groups in total. The number of amides is 1. The van der Waals surface area contributed by atoms with Crippen molar-refractivity contribution in [2.45, 2.75) is 31.2 Å². The first-order valence-electron chi connectivity index (χ1n) is 9.57. The van der Waals surface area contributed by atoms with Crippen LogP contribution in [0.15, 0.2) is 46.2 Å². The third-order valence-electron chi connectivity index (χ3n) is 5.02. The summed E-state index contributed by atoms with van der Waals surface area (Å²) < 4.78 is 27.7. The van der Waals surface area contributed by atoms with Crippen molar-refractivity contribution in [2.75, 3.05) is 37.4 Å². The lowest BCUT2D eigenvalue weighted by molar-refractivity contribution is 0.102. The first kappa shape index (κ1) is 21.1. The van der Waals surface area contributed by atoms with Gasteiger partial charge in [-0.1, -0.05) is 0 Å². The van der Waals surface area contributed by atoms with Crippen LogP contribution in [-0.2, 0) is 16.6 Å². The number of nitrogens with zero attached hydrogens (tertiary/aromatic N) is 3. The van der Waals surface area contributed by atoms with Crippen LogP contribution in [0.4, 0.5) is 11.4 Å². The fourth-order valence-electron chi connectivity index (χ4n) is 3.35. The molecule has 29 heavy (non-hydrogen) atoms. The molecule has 2 aromatic rings. The molecule has 0 radical (unpaired) electrons. The molecule has 0 unspecified atom stereocenters. The number of nitrogens with one attached hydrogen (secondary N) is 1. The Morgan fingerprint density at radius 2 is 1.83 bits per heavy atom. The quantitative estimate of drug-likeness (QED) is 0.774. The van der Waals surface area contributed by atoms with Crippen LogP contribution >= 0.6 is 0 Å². The maximum atomic E-state index is 13.1. The molecule has 9 heteroatoms. The monoisotopic (exact) mass is 418 g/mol. The fraction of sp³-hybridized carbons (Fsp3) is 0.400. The molecule has 0 spiro atoms. The van der Waals surface area contributed by atoms with Crippen LogP contribution in [-0.4, -0.2) is 50.4 Å². The van der Waals surface area contributed by atoms with Gasteiger partial charge in [0.05, 0.1) is 16.1 Å². The van der Waals surface area contributed by atoms with Crippen LogP contribution < -0.4 is 15.8 Å². The van der Waals surface area contributed by atoms with Gasteiger partial charge in [-0.05, 0) is 44.0 Å². The minimum atomic E-state index is -3.67. The Morgan fingerprint density at radius 3 is 2.45 bits per heavy atom. The summed E-state index contributed by atoms with van der Waals surface area (Å²) in [6.07, 6.45) is 3.64. The van der Waals surface area contributed by atoms with Crippen LogP contribution in [0.2, 0.25) is 0 Å². The van der Waals surface area contributed by atoms with Crippen molar-refractivity contribution in [1.82, 2.24) is 8.87 Å². The minimum absolute atomic E-state index is 0.0640. The van der Waals surface area contributed by atoms with E-state index in [4.69, 9.17) is 0 Å². The predicted octanol–water partition coefficient (Wildman–Crippen LogP) is 1.97. The highest BCUT2D eigenvalue weighted by Crippen LogP contribution is 2.28. The summed E-state index contributed by atoms with van der Waals surface area (Å²) in [6, 6.07) is 7.60. The van der Waals surface area contributed by atoms with E-state index in [2.05, 4.69) is 10.2 Å². The zero-order valence-electron chi connectivity index (χ0n) is 16.9. The van der Waals surface area contributed by atoms with Crippen molar-refractivity contribution in [2.24, 2.45) is 0 Å².